The van der Waals surface area contributed by atoms with Gasteiger partial charge in [-0.3, -0.25) is 23.9 Å². The highest BCUT2D eigenvalue weighted by Gasteiger charge is 2.66. The quantitative estimate of drug-likeness (QED) is 0.0333. The zero-order chi connectivity index (χ0) is 69.8. The highest BCUT2D eigenvalue weighted by molar-refractivity contribution is 7.90. The minimum absolute atomic E-state index is 0.0492. The Labute approximate surface area is 589 Å². The third kappa shape index (κ3) is 15.2. The molecule has 4 aliphatic carbocycles. The van der Waals surface area contributed by atoms with Crippen molar-refractivity contribution in [1.29, 1.82) is 0 Å². The molecule has 22 nitrogen and oxygen atoms in total. The Morgan fingerprint density at radius 2 is 1.59 bits per heavy atom. The van der Waals surface area contributed by atoms with E-state index in [0.29, 0.717) is 66.1 Å². The molecule has 2 saturated heterocycles. The van der Waals surface area contributed by atoms with Crippen LogP contribution >= 0.6 is 22.7 Å². The molecule has 6 atom stereocenters. The van der Waals surface area contributed by atoms with Crippen LogP contribution in [0.2, 0.25) is 0 Å². The smallest absolute Gasteiger partial charge is 0.284 e. The molecule has 14 rings (SSSR count). The number of aliphatic hydroxyl groups excluding tert-OH is 1. The molecular formula is C74H96N14O8S3. The van der Waals surface area contributed by atoms with Crippen LogP contribution in [0, 0.1) is 42.4 Å². The average Bonchev–Trinajstić information content (AvgIpc) is 0.941. The van der Waals surface area contributed by atoms with Gasteiger partial charge in [-0.25, -0.2) is 28.1 Å². The lowest BCUT2D eigenvalue weighted by atomic mass is 9.39. The van der Waals surface area contributed by atoms with Crippen LogP contribution in [0.3, 0.4) is 0 Å². The number of aliphatic hydroxyl groups is 1. The van der Waals surface area contributed by atoms with Gasteiger partial charge < -0.3 is 40.5 Å². The van der Waals surface area contributed by atoms with E-state index >= 15 is 0 Å². The number of nitrogens with zero attached hydrogens (tertiary/aromatic N) is 10. The minimum Gasteiger partial charge on any atom is -0.391 e. The Morgan fingerprint density at radius 1 is 0.838 bits per heavy atom. The van der Waals surface area contributed by atoms with Gasteiger partial charge in [-0.1, -0.05) is 95.2 Å². The standard InChI is InChI=1S/C74H96N14O8S3/c1-46-53-19-18-31-86(65(53)83-82-64(46)81-69-78-56-20-13-14-21-58(56)98-69)59-28-27-54(55-36-76-88(49(55)4)44-73-39-71(8)38-72(9,40-73)42-74(41-71,43-73)96-33-32-85-29-15-16-30-85)61(79-59)67(92)84-99(94,95)34-17-11-10-12-22-60(90)80-63(70(5,6)7)68(93)87-37-52(89)35-57(87)66(91)77-47(2)50-23-25-51(26-24-50)62-48(3)75-45-97-62/h13-14,20-21,23-28,36,45,47,52,57,63,89H,10-12,15-19,22,29-35,37-44H2,1-9H3,(H,77,91)(H,80,90)(H,84,92)(H,78,81,82)/t47-,52+,57-,63+,71?,72?,73?,74?/m0/s1. The third-order valence-electron chi connectivity index (χ3n) is 21.7. The van der Waals surface area contributed by atoms with Crippen molar-refractivity contribution in [3.63, 3.8) is 0 Å². The number of fused-ring (bicyclic) bond motifs is 2. The van der Waals surface area contributed by atoms with Crippen molar-refractivity contribution in [3.05, 3.63) is 106 Å². The Balaban J connectivity index is 0.670. The van der Waals surface area contributed by atoms with E-state index in [-0.39, 0.29) is 71.0 Å². The molecule has 5 aromatic heterocycles. The monoisotopic (exact) mass is 1400 g/mol. The zero-order valence-electron chi connectivity index (χ0n) is 58.7. The predicted molar refractivity (Wildman–Crippen MR) is 387 cm³/mol. The molecule has 4 saturated carbocycles. The summed E-state index contributed by atoms with van der Waals surface area (Å²) in [5.41, 5.74) is 8.70. The maximum atomic E-state index is 14.9. The summed E-state index contributed by atoms with van der Waals surface area (Å²) in [7, 11) is -4.22. The van der Waals surface area contributed by atoms with E-state index in [1.165, 1.54) is 35.5 Å². The maximum Gasteiger partial charge on any atom is 0.284 e. The van der Waals surface area contributed by atoms with Gasteiger partial charge in [-0.15, -0.1) is 21.5 Å². The largest absolute Gasteiger partial charge is 0.391 e. The first kappa shape index (κ1) is 70.2. The SMILES string of the molecule is Cc1ncsc1-c1ccc([C@H](C)NC(=O)[C@@H]2C[C@@H](O)CN2C(=O)[C@@H](NC(=O)CCCCCCS(=O)(=O)NC(=O)c2nc(N3CCCc4c3nnc(Nc3nc5ccccc5s3)c4C)ccc2-c2cnn(CC34CC5(C)CC(C)(C3)CC(OCCN3CCCC3)(C5)C4)c2C)C(C)(C)C)cc1. The van der Waals surface area contributed by atoms with Crippen LogP contribution in [-0.4, -0.2) is 151 Å². The number of β-amino-alcohol motifs (C(OH)–C–C–N with tert-alkyl or cyclic N) is 1. The second-order valence-corrected chi connectivity index (χ2v) is 35.0. The fourth-order valence-corrected chi connectivity index (χ4v) is 20.8. The first-order chi connectivity index (χ1) is 47.2. The number of rotatable bonds is 25. The van der Waals surface area contributed by atoms with Gasteiger partial charge in [0.1, 0.15) is 23.6 Å². The van der Waals surface area contributed by atoms with Crippen LogP contribution in [0.4, 0.5) is 22.6 Å². The number of amides is 4. The number of aromatic nitrogens is 7. The highest BCUT2D eigenvalue weighted by Crippen LogP contribution is 2.72. The first-order valence-corrected chi connectivity index (χ1v) is 38.8. The fourth-order valence-electron chi connectivity index (χ4n) is 18.1. The maximum absolute atomic E-state index is 14.9. The number of carbonyl (C=O) groups is 4. The number of unbranched alkanes of at least 4 members (excludes halogenated alkanes) is 3. The van der Waals surface area contributed by atoms with E-state index in [4.69, 9.17) is 24.9 Å². The number of sulfonamides is 1. The Kier molecular flexibility index (Phi) is 19.8. The van der Waals surface area contributed by atoms with E-state index in [1.807, 2.05) is 120 Å². The van der Waals surface area contributed by atoms with E-state index in [1.54, 1.807) is 17.5 Å². The van der Waals surface area contributed by atoms with Crippen molar-refractivity contribution in [3.8, 4) is 21.6 Å². The van der Waals surface area contributed by atoms with Crippen molar-refractivity contribution in [2.24, 2.45) is 21.7 Å². The summed E-state index contributed by atoms with van der Waals surface area (Å²) in [6.07, 6.45) is 13.0. The van der Waals surface area contributed by atoms with Gasteiger partial charge in [0.2, 0.25) is 27.7 Å². The molecule has 2 unspecified atom stereocenters. The van der Waals surface area contributed by atoms with Gasteiger partial charge in [-0.05, 0) is 175 Å². The number of thiazole rings is 2. The van der Waals surface area contributed by atoms with Gasteiger partial charge in [0.25, 0.3) is 5.91 Å². The topological polar surface area (TPSA) is 272 Å². The predicted octanol–water partition coefficient (Wildman–Crippen LogP) is 11.8. The molecule has 4 amide bonds. The number of para-hydroxylation sites is 1. The second-order valence-electron chi connectivity index (χ2n) is 31.3. The zero-order valence-corrected chi connectivity index (χ0v) is 61.2. The molecule has 528 valence electrons. The van der Waals surface area contributed by atoms with E-state index < -0.39 is 51.3 Å². The van der Waals surface area contributed by atoms with Crippen molar-refractivity contribution in [1.82, 2.24) is 60.1 Å². The molecule has 0 spiro atoms. The molecule has 99 heavy (non-hydrogen) atoms. The van der Waals surface area contributed by atoms with Gasteiger partial charge in [0, 0.05) is 67.0 Å². The van der Waals surface area contributed by atoms with Crippen LogP contribution in [-0.2, 0) is 42.1 Å². The van der Waals surface area contributed by atoms with Crippen LogP contribution in [0.5, 0.6) is 0 Å². The van der Waals surface area contributed by atoms with Gasteiger partial charge in [-0.2, -0.15) is 5.10 Å². The molecule has 2 aromatic carbocycles. The highest BCUT2D eigenvalue weighted by atomic mass is 32.2. The lowest BCUT2D eigenvalue weighted by molar-refractivity contribution is -0.248. The second kappa shape index (κ2) is 27.9. The summed E-state index contributed by atoms with van der Waals surface area (Å²) in [4.78, 5) is 78.1. The number of pyridine rings is 1. The van der Waals surface area contributed by atoms with Crippen LogP contribution in [0.25, 0.3) is 31.8 Å². The van der Waals surface area contributed by atoms with Gasteiger partial charge in [0.05, 0.1) is 62.6 Å². The van der Waals surface area contributed by atoms with Crippen molar-refractivity contribution >= 4 is 89.1 Å². The normalized spacial score (nSPS) is 24.3. The summed E-state index contributed by atoms with van der Waals surface area (Å²) in [5, 5.41) is 35.5. The summed E-state index contributed by atoms with van der Waals surface area (Å²) >= 11 is 3.10. The molecular weight excluding hydrogens is 1310 g/mol. The summed E-state index contributed by atoms with van der Waals surface area (Å²) in [5.74, 6) is -0.798. The van der Waals surface area contributed by atoms with E-state index in [0.717, 1.165) is 120 Å². The van der Waals surface area contributed by atoms with Crippen molar-refractivity contribution in [2.45, 2.75) is 201 Å². The molecule has 6 fully saturated rings. The number of hydrogen-bond donors (Lipinski definition) is 5. The van der Waals surface area contributed by atoms with Gasteiger partial charge >= 0.3 is 0 Å². The van der Waals surface area contributed by atoms with Crippen LogP contribution in [0.1, 0.15) is 182 Å². The van der Waals surface area contributed by atoms with Crippen LogP contribution < -0.4 is 25.6 Å². The molecule has 25 heteroatoms. The minimum atomic E-state index is -4.22. The fraction of sp³-hybridized carbons (Fsp3) is 0.568. The molecule has 0 radical (unpaired) electrons. The summed E-state index contributed by atoms with van der Waals surface area (Å²) in [6, 6.07) is 17.3. The third-order valence-corrected chi connectivity index (χ3v) is 25.0. The number of carbonyl (C=O) groups excluding carboxylic acids is 4. The number of nitrogens with one attached hydrogen (secondary N) is 4. The first-order valence-electron chi connectivity index (χ1n) is 35.5. The number of anilines is 4. The number of likely N-dealkylation sites (tertiary alicyclic amines) is 2. The van der Waals surface area contributed by atoms with Crippen LogP contribution in [0.15, 0.2) is 72.4 Å². The number of benzene rings is 2. The number of hydrogen-bond acceptors (Lipinski definition) is 19. The summed E-state index contributed by atoms with van der Waals surface area (Å²) in [6.45, 7) is 23.5. The Bertz CT molecular complexity index is 4240. The lowest BCUT2D eigenvalue weighted by Crippen LogP contribution is -2.64. The molecule has 8 heterocycles. The Hall–Kier alpha value is -7.29. The van der Waals surface area contributed by atoms with Crippen molar-refractivity contribution in [2.75, 3.05) is 55.3 Å². The van der Waals surface area contributed by atoms with Gasteiger partial charge in [0.15, 0.2) is 16.8 Å². The van der Waals surface area contributed by atoms with Crippen molar-refractivity contribution < 1.29 is 37.4 Å². The number of ether oxygens (including phenoxy) is 1. The average molecular weight is 1410 g/mol. The molecule has 3 aliphatic heterocycles. The summed E-state index contributed by atoms with van der Waals surface area (Å²) < 4.78 is 40.9. The lowest BCUT2D eigenvalue weighted by Gasteiger charge is -2.69. The number of aryl methyl sites for hydroxylation is 1. The van der Waals surface area contributed by atoms with E-state index in [2.05, 4.69) is 54.2 Å². The molecule has 7 aliphatic rings. The molecule has 7 aromatic rings. The van der Waals surface area contributed by atoms with E-state index in [9.17, 15) is 32.7 Å². The molecule has 4 bridgehead atoms. The molecule has 5 N–H and O–H groups in total. The Morgan fingerprint density at radius 3 is 2.31 bits per heavy atom.